The lowest BCUT2D eigenvalue weighted by Crippen LogP contribution is -2.16. The first-order valence-electron chi connectivity index (χ1n) is 9.52. The Morgan fingerprint density at radius 2 is 1.53 bits per heavy atom. The van der Waals surface area contributed by atoms with E-state index in [1.54, 1.807) is 55.3 Å². The van der Waals surface area contributed by atoms with Crippen LogP contribution in [-0.2, 0) is 10.0 Å². The number of nitrogens with zero attached hydrogens (tertiary/aromatic N) is 2. The van der Waals surface area contributed by atoms with E-state index in [2.05, 4.69) is 0 Å². The Hall–Kier alpha value is -3.33. The van der Waals surface area contributed by atoms with E-state index < -0.39 is 10.0 Å². The van der Waals surface area contributed by atoms with E-state index in [9.17, 15) is 8.42 Å². The normalized spacial score (nSPS) is 11.4. The zero-order chi connectivity index (χ0) is 22.9. The Bertz CT molecular complexity index is 1380. The van der Waals surface area contributed by atoms with Crippen molar-refractivity contribution in [2.45, 2.75) is 4.90 Å². The van der Waals surface area contributed by atoms with Crippen LogP contribution in [0.2, 0.25) is 5.02 Å². The summed E-state index contributed by atoms with van der Waals surface area (Å²) < 4.78 is 36.8. The van der Waals surface area contributed by atoms with Gasteiger partial charge in [-0.1, -0.05) is 35.9 Å². The van der Waals surface area contributed by atoms with Crippen molar-refractivity contribution in [3.63, 3.8) is 0 Å². The molecule has 0 amide bonds. The summed E-state index contributed by atoms with van der Waals surface area (Å²) in [6, 6.07) is 21.0. The number of nitrogens with two attached hydrogens (primary N) is 1. The van der Waals surface area contributed by atoms with Crippen LogP contribution in [0.3, 0.4) is 0 Å². The summed E-state index contributed by atoms with van der Waals surface area (Å²) in [5.41, 5.74) is 3.19. The summed E-state index contributed by atoms with van der Waals surface area (Å²) in [7, 11) is -0.859. The van der Waals surface area contributed by atoms with Crippen LogP contribution in [0.5, 0.6) is 11.5 Å². The fourth-order valence-corrected chi connectivity index (χ4v) is 4.24. The van der Waals surface area contributed by atoms with Crippen LogP contribution in [0.25, 0.3) is 28.2 Å². The quantitative estimate of drug-likeness (QED) is 0.447. The second-order valence-electron chi connectivity index (χ2n) is 6.92. The van der Waals surface area contributed by atoms with Crippen LogP contribution in [0.1, 0.15) is 0 Å². The van der Waals surface area contributed by atoms with Gasteiger partial charge >= 0.3 is 0 Å². The lowest BCUT2D eigenvalue weighted by atomic mass is 10.1. The number of benzene rings is 3. The summed E-state index contributed by atoms with van der Waals surface area (Å²) in [5, 5.41) is 10.8. The molecule has 0 spiro atoms. The molecule has 32 heavy (non-hydrogen) atoms. The summed E-state index contributed by atoms with van der Waals surface area (Å²) in [6.07, 6.45) is 0. The van der Waals surface area contributed by atoms with Crippen LogP contribution >= 0.6 is 11.6 Å². The number of para-hydroxylation sites is 1. The number of ether oxygens (including phenoxy) is 2. The number of methoxy groups -OCH3 is 2. The zero-order valence-corrected chi connectivity index (χ0v) is 18.9. The molecular formula is C23H20ClN3O4S. The lowest BCUT2D eigenvalue weighted by Gasteiger charge is -2.11. The number of primary sulfonamides is 1. The third kappa shape index (κ3) is 4.20. The fraction of sp³-hybridized carbons (Fsp3) is 0.0870. The van der Waals surface area contributed by atoms with Crippen molar-refractivity contribution < 1.29 is 17.9 Å². The van der Waals surface area contributed by atoms with Gasteiger partial charge < -0.3 is 9.47 Å². The highest BCUT2D eigenvalue weighted by molar-refractivity contribution is 7.89. The topological polar surface area (TPSA) is 96.4 Å². The van der Waals surface area contributed by atoms with E-state index in [-0.39, 0.29) is 4.90 Å². The van der Waals surface area contributed by atoms with E-state index in [4.69, 9.17) is 31.3 Å². The van der Waals surface area contributed by atoms with Crippen LogP contribution in [0.4, 0.5) is 0 Å². The first kappa shape index (κ1) is 21.9. The summed E-state index contributed by atoms with van der Waals surface area (Å²) in [6.45, 7) is 0. The molecular weight excluding hydrogens is 450 g/mol. The maximum Gasteiger partial charge on any atom is 0.240 e. The molecule has 0 saturated carbocycles. The van der Waals surface area contributed by atoms with Gasteiger partial charge in [-0.05, 0) is 48.5 Å². The van der Waals surface area contributed by atoms with Crippen molar-refractivity contribution in [1.29, 1.82) is 0 Å². The van der Waals surface area contributed by atoms with Crippen molar-refractivity contribution >= 4 is 21.6 Å². The standard InChI is InChI=1S/C23H20ClN3O4S/c1-30-21-12-9-16(13-22(21)31-2)18-14-20(15-7-10-17(24)11-8-15)27(26-18)19-5-3-4-6-23(19)32(25,28)29/h3-14H,1-2H3,(H2,25,28,29). The number of aromatic nitrogens is 2. The number of sulfonamides is 1. The Morgan fingerprint density at radius 3 is 2.19 bits per heavy atom. The molecule has 1 aromatic heterocycles. The van der Waals surface area contributed by atoms with Crippen molar-refractivity contribution in [3.05, 3.63) is 77.8 Å². The minimum Gasteiger partial charge on any atom is -0.493 e. The van der Waals surface area contributed by atoms with Gasteiger partial charge in [-0.2, -0.15) is 5.10 Å². The molecule has 1 heterocycles. The number of halogens is 1. The van der Waals surface area contributed by atoms with Gasteiger partial charge in [0.15, 0.2) is 11.5 Å². The molecule has 9 heteroatoms. The number of hydrogen-bond donors (Lipinski definition) is 1. The fourth-order valence-electron chi connectivity index (χ4n) is 3.40. The van der Waals surface area contributed by atoms with Gasteiger partial charge in [-0.25, -0.2) is 18.2 Å². The summed E-state index contributed by atoms with van der Waals surface area (Å²) >= 11 is 6.06. The Balaban J connectivity index is 1.97. The highest BCUT2D eigenvalue weighted by Gasteiger charge is 2.20. The van der Waals surface area contributed by atoms with Gasteiger partial charge in [0, 0.05) is 16.1 Å². The van der Waals surface area contributed by atoms with Crippen molar-refractivity contribution in [3.8, 4) is 39.7 Å². The minimum absolute atomic E-state index is 0.0304. The van der Waals surface area contributed by atoms with Crippen molar-refractivity contribution in [1.82, 2.24) is 9.78 Å². The zero-order valence-electron chi connectivity index (χ0n) is 17.3. The minimum atomic E-state index is -3.98. The van der Waals surface area contributed by atoms with Gasteiger partial charge in [0.2, 0.25) is 10.0 Å². The van der Waals surface area contributed by atoms with E-state index >= 15 is 0 Å². The van der Waals surface area contributed by atoms with Crippen molar-refractivity contribution in [2.75, 3.05) is 14.2 Å². The van der Waals surface area contributed by atoms with E-state index in [1.165, 1.54) is 6.07 Å². The molecule has 4 aromatic rings. The molecule has 4 rings (SSSR count). The molecule has 0 saturated heterocycles. The summed E-state index contributed by atoms with van der Waals surface area (Å²) in [4.78, 5) is -0.0304. The molecule has 0 atom stereocenters. The summed E-state index contributed by atoms with van der Waals surface area (Å²) in [5.74, 6) is 1.14. The monoisotopic (exact) mass is 469 g/mol. The third-order valence-corrected chi connectivity index (χ3v) is 6.14. The molecule has 3 aromatic carbocycles. The van der Waals surface area contributed by atoms with Crippen LogP contribution < -0.4 is 14.6 Å². The van der Waals surface area contributed by atoms with Crippen molar-refractivity contribution in [2.24, 2.45) is 5.14 Å². The molecule has 0 aliphatic heterocycles. The Morgan fingerprint density at radius 1 is 0.875 bits per heavy atom. The highest BCUT2D eigenvalue weighted by Crippen LogP contribution is 2.35. The van der Waals surface area contributed by atoms with E-state index in [1.807, 2.05) is 30.3 Å². The first-order valence-corrected chi connectivity index (χ1v) is 11.4. The molecule has 0 aliphatic rings. The molecule has 2 N–H and O–H groups in total. The molecule has 7 nitrogen and oxygen atoms in total. The largest absolute Gasteiger partial charge is 0.493 e. The predicted molar refractivity (Wildman–Crippen MR) is 124 cm³/mol. The highest BCUT2D eigenvalue weighted by atomic mass is 35.5. The van der Waals surface area contributed by atoms with Crippen LogP contribution in [0.15, 0.2) is 77.7 Å². The maximum atomic E-state index is 12.2. The maximum absolute atomic E-state index is 12.2. The second kappa shape index (κ2) is 8.66. The van der Waals surface area contributed by atoms with Gasteiger partial charge in [0.1, 0.15) is 4.90 Å². The Labute approximate surface area is 191 Å². The van der Waals surface area contributed by atoms with Gasteiger partial charge in [-0.15, -0.1) is 0 Å². The molecule has 164 valence electrons. The Kier molecular flexibility index (Phi) is 5.92. The average Bonchev–Trinajstić information content (AvgIpc) is 3.24. The average molecular weight is 470 g/mol. The van der Waals surface area contributed by atoms with Gasteiger partial charge in [0.05, 0.1) is 31.3 Å². The van der Waals surface area contributed by atoms with E-state index in [0.29, 0.717) is 33.6 Å². The third-order valence-electron chi connectivity index (χ3n) is 4.93. The SMILES string of the molecule is COc1ccc(-c2cc(-c3ccc(Cl)cc3)n(-c3ccccc3S(N)(=O)=O)n2)cc1OC. The molecule has 0 unspecified atom stereocenters. The predicted octanol–water partition coefficient (Wildman–Crippen LogP) is 4.52. The second-order valence-corrected chi connectivity index (χ2v) is 8.88. The van der Waals surface area contributed by atoms with Gasteiger partial charge in [-0.3, -0.25) is 0 Å². The molecule has 0 aliphatic carbocycles. The molecule has 0 bridgehead atoms. The van der Waals surface area contributed by atoms with Crippen LogP contribution in [-0.4, -0.2) is 32.4 Å². The van der Waals surface area contributed by atoms with Gasteiger partial charge in [0.25, 0.3) is 0 Å². The van der Waals surface area contributed by atoms with Crippen LogP contribution in [0, 0.1) is 0 Å². The first-order chi connectivity index (χ1) is 15.3. The number of hydrogen-bond acceptors (Lipinski definition) is 5. The smallest absolute Gasteiger partial charge is 0.240 e. The molecule has 0 fully saturated rings. The molecule has 0 radical (unpaired) electrons. The lowest BCUT2D eigenvalue weighted by molar-refractivity contribution is 0.355. The number of rotatable bonds is 6. The van der Waals surface area contributed by atoms with E-state index in [0.717, 1.165) is 11.1 Å².